The van der Waals surface area contributed by atoms with E-state index in [0.29, 0.717) is 30.6 Å². The Kier molecular flexibility index (Phi) is 5.64. The van der Waals surface area contributed by atoms with Gasteiger partial charge in [0.15, 0.2) is 4.80 Å². The van der Waals surface area contributed by atoms with E-state index >= 15 is 0 Å². The molecule has 30 heavy (non-hydrogen) atoms. The topological polar surface area (TPSA) is 60.7 Å². The maximum atomic E-state index is 13.4. The van der Waals surface area contributed by atoms with E-state index in [9.17, 15) is 9.59 Å². The number of nitrogens with zero attached hydrogens (tertiary/aromatic N) is 2. The highest BCUT2D eigenvalue weighted by atomic mass is 35.5. The molecule has 8 heteroatoms. The summed E-state index contributed by atoms with van der Waals surface area (Å²) in [6.45, 7) is 1.73. The van der Waals surface area contributed by atoms with E-state index < -0.39 is 12.0 Å². The highest BCUT2D eigenvalue weighted by Crippen LogP contribution is 2.34. The third kappa shape index (κ3) is 3.62. The van der Waals surface area contributed by atoms with Gasteiger partial charge < -0.3 is 4.74 Å². The number of halogens is 2. The van der Waals surface area contributed by atoms with Gasteiger partial charge >= 0.3 is 5.97 Å². The zero-order valence-electron chi connectivity index (χ0n) is 16.1. The van der Waals surface area contributed by atoms with E-state index in [1.807, 2.05) is 18.2 Å². The minimum Gasteiger partial charge on any atom is -0.466 e. The summed E-state index contributed by atoms with van der Waals surface area (Å²) in [7, 11) is 1.30. The van der Waals surface area contributed by atoms with Crippen molar-refractivity contribution in [2.24, 2.45) is 4.99 Å². The molecule has 0 spiro atoms. The Balaban J connectivity index is 2.00. The Morgan fingerprint density at radius 2 is 1.87 bits per heavy atom. The molecule has 0 radical (unpaired) electrons. The van der Waals surface area contributed by atoms with Crippen LogP contribution in [0.5, 0.6) is 0 Å². The number of hydrogen-bond acceptors (Lipinski definition) is 5. The van der Waals surface area contributed by atoms with Gasteiger partial charge in [-0.15, -0.1) is 0 Å². The molecular weight excluding hydrogens is 443 g/mol. The van der Waals surface area contributed by atoms with Crippen LogP contribution in [-0.4, -0.2) is 17.6 Å². The van der Waals surface area contributed by atoms with Gasteiger partial charge in [-0.05, 0) is 42.3 Å². The second-order valence-corrected chi connectivity index (χ2v) is 8.50. The molecule has 152 valence electrons. The number of carbonyl (C=O) groups excluding carboxylic acids is 1. The minimum atomic E-state index is -0.727. The van der Waals surface area contributed by atoms with Gasteiger partial charge in [0.25, 0.3) is 5.56 Å². The molecular formula is C22H16Cl2N2O3S. The average molecular weight is 459 g/mol. The highest BCUT2D eigenvalue weighted by molar-refractivity contribution is 7.07. The number of allylic oxidation sites excluding steroid dienone is 1. The van der Waals surface area contributed by atoms with Crippen molar-refractivity contribution in [2.75, 3.05) is 7.11 Å². The summed E-state index contributed by atoms with van der Waals surface area (Å²) in [5.41, 5.74) is 1.99. The van der Waals surface area contributed by atoms with Crippen LogP contribution in [0.25, 0.3) is 6.08 Å². The number of aromatic nitrogens is 1. The van der Waals surface area contributed by atoms with Crippen molar-refractivity contribution < 1.29 is 9.53 Å². The lowest BCUT2D eigenvalue weighted by molar-refractivity contribution is -0.136. The maximum absolute atomic E-state index is 13.4. The molecule has 2 heterocycles. The Morgan fingerprint density at radius 3 is 2.53 bits per heavy atom. The van der Waals surface area contributed by atoms with Crippen molar-refractivity contribution >= 4 is 46.6 Å². The molecule has 1 aliphatic rings. The number of rotatable bonds is 3. The lowest BCUT2D eigenvalue weighted by Crippen LogP contribution is -2.39. The number of fused-ring (bicyclic) bond motifs is 1. The fraction of sp³-hybridized carbons (Fsp3) is 0.136. The fourth-order valence-corrected chi connectivity index (χ4v) is 4.81. The molecule has 0 saturated heterocycles. The number of ether oxygens (including phenoxy) is 1. The van der Waals surface area contributed by atoms with E-state index in [0.717, 1.165) is 5.56 Å². The predicted octanol–water partition coefficient (Wildman–Crippen LogP) is 3.72. The van der Waals surface area contributed by atoms with Gasteiger partial charge in [-0.25, -0.2) is 9.79 Å². The zero-order valence-corrected chi connectivity index (χ0v) is 18.4. The second kappa shape index (κ2) is 8.22. The number of methoxy groups -OCH3 is 1. The molecule has 0 aliphatic carbocycles. The lowest BCUT2D eigenvalue weighted by atomic mass is 9.96. The van der Waals surface area contributed by atoms with Crippen LogP contribution in [0.3, 0.4) is 0 Å². The van der Waals surface area contributed by atoms with Crippen molar-refractivity contribution in [3.63, 3.8) is 0 Å². The SMILES string of the molecule is COC(=O)C1=C(C)N=c2s/c(=C/c3ccc(Cl)cc3)c(=O)n2[C@@H]1c1ccccc1Cl. The van der Waals surface area contributed by atoms with Gasteiger partial charge in [0.1, 0.15) is 6.04 Å². The van der Waals surface area contributed by atoms with Crippen LogP contribution in [0.1, 0.15) is 24.1 Å². The van der Waals surface area contributed by atoms with Gasteiger partial charge in [-0.1, -0.05) is 64.9 Å². The highest BCUT2D eigenvalue weighted by Gasteiger charge is 2.34. The Hall–Kier alpha value is -2.67. The summed E-state index contributed by atoms with van der Waals surface area (Å²) in [5.74, 6) is -0.548. The molecule has 0 unspecified atom stereocenters. The molecule has 0 fully saturated rings. The van der Waals surface area contributed by atoms with Crippen LogP contribution >= 0.6 is 34.5 Å². The maximum Gasteiger partial charge on any atom is 0.338 e. The average Bonchev–Trinajstić information content (AvgIpc) is 3.03. The molecule has 0 N–H and O–H groups in total. The zero-order chi connectivity index (χ0) is 21.4. The predicted molar refractivity (Wildman–Crippen MR) is 119 cm³/mol. The van der Waals surface area contributed by atoms with Crippen LogP contribution in [0, 0.1) is 0 Å². The summed E-state index contributed by atoms with van der Waals surface area (Å²) < 4.78 is 6.99. The van der Waals surface area contributed by atoms with E-state index in [-0.39, 0.29) is 11.1 Å². The molecule has 1 aliphatic heterocycles. The molecule has 3 aromatic rings. The van der Waals surface area contributed by atoms with Gasteiger partial charge in [0, 0.05) is 10.0 Å². The van der Waals surface area contributed by atoms with Crippen molar-refractivity contribution in [1.82, 2.24) is 4.57 Å². The van der Waals surface area contributed by atoms with Gasteiger partial charge in [-0.2, -0.15) is 0 Å². The normalized spacial score (nSPS) is 16.3. The number of esters is 1. The summed E-state index contributed by atoms with van der Waals surface area (Å²) >= 11 is 13.7. The third-order valence-electron chi connectivity index (χ3n) is 4.79. The number of thiazole rings is 1. The minimum absolute atomic E-state index is 0.257. The van der Waals surface area contributed by atoms with Crippen molar-refractivity contribution in [2.45, 2.75) is 13.0 Å². The molecule has 0 bridgehead atoms. The first kappa shape index (κ1) is 20.6. The smallest absolute Gasteiger partial charge is 0.338 e. The summed E-state index contributed by atoms with van der Waals surface area (Å²) in [6, 6.07) is 13.6. The number of benzene rings is 2. The van der Waals surface area contributed by atoms with E-state index in [2.05, 4.69) is 4.99 Å². The van der Waals surface area contributed by atoms with Crippen molar-refractivity contribution in [3.05, 3.63) is 101 Å². The molecule has 4 rings (SSSR count). The van der Waals surface area contributed by atoms with Crippen LogP contribution in [0.2, 0.25) is 10.0 Å². The van der Waals surface area contributed by atoms with Gasteiger partial charge in [0.05, 0.1) is 22.9 Å². The summed E-state index contributed by atoms with van der Waals surface area (Å²) in [4.78, 5) is 31.0. The van der Waals surface area contributed by atoms with E-state index in [4.69, 9.17) is 27.9 Å². The quantitative estimate of drug-likeness (QED) is 0.561. The Labute approximate surface area is 186 Å². The Morgan fingerprint density at radius 1 is 1.17 bits per heavy atom. The summed E-state index contributed by atoms with van der Waals surface area (Å²) in [5, 5.41) is 1.07. The van der Waals surface area contributed by atoms with Crippen LogP contribution < -0.4 is 14.9 Å². The molecule has 0 amide bonds. The first-order chi connectivity index (χ1) is 14.4. The number of carbonyl (C=O) groups is 1. The van der Waals surface area contributed by atoms with Crippen molar-refractivity contribution in [1.29, 1.82) is 0 Å². The van der Waals surface area contributed by atoms with E-state index in [1.165, 1.54) is 23.0 Å². The third-order valence-corrected chi connectivity index (χ3v) is 6.37. The first-order valence-electron chi connectivity index (χ1n) is 9.01. The Bertz CT molecular complexity index is 1350. The van der Waals surface area contributed by atoms with Gasteiger partial charge in [-0.3, -0.25) is 9.36 Å². The van der Waals surface area contributed by atoms with Gasteiger partial charge in [0.2, 0.25) is 0 Å². The monoisotopic (exact) mass is 458 g/mol. The largest absolute Gasteiger partial charge is 0.466 e. The summed E-state index contributed by atoms with van der Waals surface area (Å²) in [6.07, 6.45) is 1.78. The fourth-order valence-electron chi connectivity index (χ4n) is 3.39. The second-order valence-electron chi connectivity index (χ2n) is 6.65. The lowest BCUT2D eigenvalue weighted by Gasteiger charge is -2.25. The molecule has 0 saturated carbocycles. The number of hydrogen-bond donors (Lipinski definition) is 0. The van der Waals surface area contributed by atoms with Crippen LogP contribution in [0.4, 0.5) is 0 Å². The molecule has 1 atom stereocenters. The first-order valence-corrected chi connectivity index (χ1v) is 10.6. The van der Waals surface area contributed by atoms with Crippen LogP contribution in [0.15, 0.2) is 69.6 Å². The molecule has 2 aromatic carbocycles. The van der Waals surface area contributed by atoms with Crippen molar-refractivity contribution in [3.8, 4) is 0 Å². The standard InChI is InChI=1S/C22H16Cl2N2O3S/c1-12-18(21(28)29-2)19(15-5-3-4-6-16(15)24)26-20(27)17(30-22(26)25-12)11-13-7-9-14(23)10-8-13/h3-11,19H,1-2H3/b17-11+/t19-/m1/s1. The molecule has 5 nitrogen and oxygen atoms in total. The van der Waals surface area contributed by atoms with Crippen LogP contribution in [-0.2, 0) is 9.53 Å². The molecule has 1 aromatic heterocycles. The van der Waals surface area contributed by atoms with E-state index in [1.54, 1.807) is 43.3 Å².